The van der Waals surface area contributed by atoms with Gasteiger partial charge in [0.2, 0.25) is 0 Å². The van der Waals surface area contributed by atoms with Gasteiger partial charge in [0.05, 0.1) is 24.4 Å². The van der Waals surface area contributed by atoms with Crippen molar-refractivity contribution in [3.8, 4) is 0 Å². The van der Waals surface area contributed by atoms with E-state index in [1.165, 1.54) is 0 Å². The fourth-order valence-electron chi connectivity index (χ4n) is 9.52. The Hall–Kier alpha value is -0.280. The predicted molar refractivity (Wildman–Crippen MR) is 128 cm³/mol. The molecule has 14 atom stereocenters. The monoisotopic (exact) mass is 484 g/mol. The summed E-state index contributed by atoms with van der Waals surface area (Å²) in [6.45, 7) is 8.38. The molecule has 0 amide bonds. The van der Waals surface area contributed by atoms with Crippen LogP contribution in [0.1, 0.15) is 79.1 Å². The Bertz CT molecular complexity index is 734. The molecule has 4 fully saturated rings. The molecule has 0 aromatic rings. The molecule has 1 unspecified atom stereocenters. The third kappa shape index (κ3) is 3.72. The molecule has 4 rings (SSSR count). The van der Waals surface area contributed by atoms with E-state index >= 15 is 0 Å². The van der Waals surface area contributed by atoms with Crippen LogP contribution in [-0.2, 0) is 0 Å². The minimum Gasteiger partial charge on any atom is -0.396 e. The molecule has 7 nitrogen and oxygen atoms in total. The van der Waals surface area contributed by atoms with Crippen molar-refractivity contribution < 1.29 is 35.7 Å². The highest BCUT2D eigenvalue weighted by Crippen LogP contribution is 2.69. The van der Waals surface area contributed by atoms with Gasteiger partial charge in [0.15, 0.2) is 0 Å². The predicted octanol–water partition coefficient (Wildman–Crippen LogP) is 1.44. The molecule has 7 N–H and O–H groups in total. The quantitative estimate of drug-likeness (QED) is 0.302. The van der Waals surface area contributed by atoms with E-state index < -0.39 is 52.9 Å². The topological polar surface area (TPSA) is 142 Å². The second kappa shape index (κ2) is 9.23. The summed E-state index contributed by atoms with van der Waals surface area (Å²) >= 11 is 0. The van der Waals surface area contributed by atoms with E-state index in [-0.39, 0.29) is 36.2 Å². The third-order valence-electron chi connectivity index (χ3n) is 11.2. The van der Waals surface area contributed by atoms with Crippen LogP contribution >= 0.6 is 0 Å². The summed E-state index contributed by atoms with van der Waals surface area (Å²) in [5.74, 6) is -1.28. The van der Waals surface area contributed by atoms with Crippen molar-refractivity contribution in [3.63, 3.8) is 0 Å². The van der Waals surface area contributed by atoms with Crippen LogP contribution < -0.4 is 0 Å². The lowest BCUT2D eigenvalue weighted by Gasteiger charge is -2.67. The van der Waals surface area contributed by atoms with Gasteiger partial charge in [0, 0.05) is 12.5 Å². The SMILES string of the molecule is CC(CO)CCC[C@@H](C)[C@H]1[C@@H](O)[C@@H](O)[C@@H]2[C@]1(C)CC[C@@H]1[C@@]3(C)CC[C@H](O)C[C@@H]3[C@@H](O)[C@@H](O)[C@]12O. The normalized spacial score (nSPS) is 54.6. The summed E-state index contributed by atoms with van der Waals surface area (Å²) in [5, 5.41) is 77.2. The molecular formula is C27H48O7. The van der Waals surface area contributed by atoms with Crippen molar-refractivity contribution in [2.75, 3.05) is 6.61 Å². The number of hydrogen-bond donors (Lipinski definition) is 7. The van der Waals surface area contributed by atoms with Gasteiger partial charge in [-0.2, -0.15) is 0 Å². The average Bonchev–Trinajstić information content (AvgIpc) is 2.99. The van der Waals surface area contributed by atoms with Gasteiger partial charge in [0.25, 0.3) is 0 Å². The molecule has 4 aliphatic rings. The van der Waals surface area contributed by atoms with Crippen LogP contribution in [0.4, 0.5) is 0 Å². The van der Waals surface area contributed by atoms with Gasteiger partial charge in [-0.1, -0.05) is 40.5 Å². The maximum atomic E-state index is 12.3. The fraction of sp³-hybridized carbons (Fsp3) is 1.00. The highest BCUT2D eigenvalue weighted by Gasteiger charge is 2.75. The lowest BCUT2D eigenvalue weighted by Crippen LogP contribution is -2.75. The first-order valence-electron chi connectivity index (χ1n) is 13.6. The van der Waals surface area contributed by atoms with Crippen molar-refractivity contribution >= 4 is 0 Å². The molecule has 4 saturated carbocycles. The van der Waals surface area contributed by atoms with Crippen molar-refractivity contribution in [1.29, 1.82) is 0 Å². The zero-order valence-corrected chi connectivity index (χ0v) is 21.3. The van der Waals surface area contributed by atoms with Gasteiger partial charge < -0.3 is 35.7 Å². The summed E-state index contributed by atoms with van der Waals surface area (Å²) in [4.78, 5) is 0. The maximum Gasteiger partial charge on any atom is 0.109 e. The van der Waals surface area contributed by atoms with E-state index in [9.17, 15) is 35.7 Å². The minimum atomic E-state index is -1.71. The number of aliphatic hydroxyl groups excluding tert-OH is 6. The number of rotatable bonds is 6. The second-order valence-electron chi connectivity index (χ2n) is 13.1. The average molecular weight is 485 g/mol. The highest BCUT2D eigenvalue weighted by molar-refractivity contribution is 5.24. The molecule has 0 aromatic heterocycles. The van der Waals surface area contributed by atoms with Gasteiger partial charge in [-0.15, -0.1) is 0 Å². The van der Waals surface area contributed by atoms with Crippen LogP contribution in [-0.4, -0.2) is 78.5 Å². The van der Waals surface area contributed by atoms with Crippen molar-refractivity contribution in [2.45, 2.75) is 115 Å². The minimum absolute atomic E-state index is 0.101. The molecule has 0 heterocycles. The van der Waals surface area contributed by atoms with Gasteiger partial charge in [-0.3, -0.25) is 0 Å². The highest BCUT2D eigenvalue weighted by atomic mass is 16.4. The van der Waals surface area contributed by atoms with Crippen molar-refractivity contribution in [2.24, 2.45) is 46.3 Å². The van der Waals surface area contributed by atoms with Gasteiger partial charge >= 0.3 is 0 Å². The molecule has 198 valence electrons. The number of fused-ring (bicyclic) bond motifs is 5. The van der Waals surface area contributed by atoms with Crippen molar-refractivity contribution in [3.05, 3.63) is 0 Å². The molecule has 0 radical (unpaired) electrons. The van der Waals surface area contributed by atoms with Crippen molar-refractivity contribution in [1.82, 2.24) is 0 Å². The Kier molecular flexibility index (Phi) is 7.27. The number of aliphatic hydroxyl groups is 7. The van der Waals surface area contributed by atoms with Crippen LogP contribution in [0.15, 0.2) is 0 Å². The standard InChI is InChI=1S/C27H48O7/c1-14(13-28)6-5-7-15(2)19-21(31)22(32)23-26(19,4)11-9-18-25(3)10-8-16(29)12-17(25)20(30)24(33)27(18,23)34/h14-24,28-34H,5-13H2,1-4H3/t14?,15-,16+,17-,18-,19+,20-,21-,22-,23-,24-,25+,26-,27+/m1/s1. The van der Waals surface area contributed by atoms with Crippen LogP contribution in [0.2, 0.25) is 0 Å². The fourth-order valence-corrected chi connectivity index (χ4v) is 9.52. The lowest BCUT2D eigenvalue weighted by atomic mass is 9.41. The molecule has 0 saturated heterocycles. The Labute approximate surface area is 204 Å². The molecule has 34 heavy (non-hydrogen) atoms. The first kappa shape index (κ1) is 26.8. The smallest absolute Gasteiger partial charge is 0.109 e. The molecule has 4 aliphatic carbocycles. The second-order valence-corrected chi connectivity index (χ2v) is 13.1. The molecule has 0 aromatic carbocycles. The van der Waals surface area contributed by atoms with E-state index in [0.717, 1.165) is 25.7 Å². The molecule has 0 bridgehead atoms. The van der Waals surface area contributed by atoms with Crippen LogP contribution in [0, 0.1) is 46.3 Å². The van der Waals surface area contributed by atoms with E-state index in [1.807, 2.05) is 13.8 Å². The lowest BCUT2D eigenvalue weighted by molar-refractivity contribution is -0.309. The first-order valence-corrected chi connectivity index (χ1v) is 13.6. The van der Waals surface area contributed by atoms with Gasteiger partial charge in [-0.25, -0.2) is 0 Å². The summed E-state index contributed by atoms with van der Waals surface area (Å²) in [6.07, 6.45) is 0.370. The molecule has 7 heteroatoms. The summed E-state index contributed by atoms with van der Waals surface area (Å²) in [7, 11) is 0. The zero-order chi connectivity index (χ0) is 25.2. The Morgan fingerprint density at radius 3 is 2.15 bits per heavy atom. The van der Waals surface area contributed by atoms with Crippen LogP contribution in [0.25, 0.3) is 0 Å². The Morgan fingerprint density at radius 2 is 1.50 bits per heavy atom. The Balaban J connectivity index is 1.66. The molecular weight excluding hydrogens is 436 g/mol. The van der Waals surface area contributed by atoms with Crippen LogP contribution in [0.5, 0.6) is 0 Å². The van der Waals surface area contributed by atoms with E-state index in [1.54, 1.807) is 0 Å². The molecule has 0 spiro atoms. The van der Waals surface area contributed by atoms with E-state index in [2.05, 4.69) is 13.8 Å². The van der Waals surface area contributed by atoms with Crippen LogP contribution in [0.3, 0.4) is 0 Å². The summed E-state index contributed by atoms with van der Waals surface area (Å²) in [6, 6.07) is 0. The largest absolute Gasteiger partial charge is 0.396 e. The molecule has 0 aliphatic heterocycles. The van der Waals surface area contributed by atoms with E-state index in [4.69, 9.17) is 0 Å². The summed E-state index contributed by atoms with van der Waals surface area (Å²) in [5.41, 5.74) is -2.74. The Morgan fingerprint density at radius 1 is 0.853 bits per heavy atom. The zero-order valence-electron chi connectivity index (χ0n) is 21.3. The van der Waals surface area contributed by atoms with E-state index in [0.29, 0.717) is 25.7 Å². The third-order valence-corrected chi connectivity index (χ3v) is 11.2. The summed E-state index contributed by atoms with van der Waals surface area (Å²) < 4.78 is 0. The maximum absolute atomic E-state index is 12.3. The van der Waals surface area contributed by atoms with Gasteiger partial charge in [0.1, 0.15) is 11.7 Å². The first-order chi connectivity index (χ1) is 15.8. The number of hydrogen-bond acceptors (Lipinski definition) is 7. The van der Waals surface area contributed by atoms with Gasteiger partial charge in [-0.05, 0) is 78.9 Å².